The van der Waals surface area contributed by atoms with Crippen molar-refractivity contribution in [1.29, 1.82) is 0 Å². The van der Waals surface area contributed by atoms with Gasteiger partial charge >= 0.3 is 0 Å². The van der Waals surface area contributed by atoms with Crippen LogP contribution in [0.15, 0.2) is 47.6 Å². The number of carbonyl (C=O) groups is 1. The second-order valence-electron chi connectivity index (χ2n) is 7.44. The van der Waals surface area contributed by atoms with Gasteiger partial charge in [0.2, 0.25) is 11.0 Å². The smallest absolute Gasteiger partial charge is 0.236 e. The van der Waals surface area contributed by atoms with E-state index in [1.807, 2.05) is 16.7 Å². The predicted molar refractivity (Wildman–Crippen MR) is 119 cm³/mol. The summed E-state index contributed by atoms with van der Waals surface area (Å²) >= 11 is 2.56. The molecule has 0 spiro atoms. The standard InChI is InChI=1S/C20H24N6O2S2/c1-5-10-26-16(11-28-15-8-6-14(7-9-15)20(2,3)4)23-25-19(26)29-12-17(27)22-18-24-21-13-30-18/h5-9,13H,1,10-12H2,2-4H3,(H,22,24,27). The van der Waals surface area contributed by atoms with Crippen LogP contribution in [0, 0.1) is 0 Å². The van der Waals surface area contributed by atoms with Gasteiger partial charge in [0.05, 0.1) is 5.75 Å². The van der Waals surface area contributed by atoms with E-state index in [2.05, 4.69) is 65.2 Å². The molecule has 0 saturated heterocycles. The van der Waals surface area contributed by atoms with Crippen molar-refractivity contribution in [2.75, 3.05) is 11.1 Å². The quantitative estimate of drug-likeness (QED) is 0.395. The molecule has 2 heterocycles. The third-order valence-corrected chi connectivity index (χ3v) is 5.71. The maximum absolute atomic E-state index is 12.1. The van der Waals surface area contributed by atoms with Crippen molar-refractivity contribution < 1.29 is 9.53 Å². The van der Waals surface area contributed by atoms with Crippen molar-refractivity contribution in [3.8, 4) is 5.75 Å². The Morgan fingerprint density at radius 3 is 2.67 bits per heavy atom. The molecule has 158 valence electrons. The van der Waals surface area contributed by atoms with Crippen molar-refractivity contribution >= 4 is 34.1 Å². The van der Waals surface area contributed by atoms with Crippen LogP contribution >= 0.6 is 23.1 Å². The minimum atomic E-state index is -0.179. The third kappa shape index (κ3) is 5.90. The van der Waals surface area contributed by atoms with Crippen molar-refractivity contribution in [3.63, 3.8) is 0 Å². The van der Waals surface area contributed by atoms with Gasteiger partial charge in [0.1, 0.15) is 17.9 Å². The molecule has 3 aromatic rings. The lowest BCUT2D eigenvalue weighted by Gasteiger charge is -2.19. The molecule has 8 nitrogen and oxygen atoms in total. The number of nitrogens with one attached hydrogen (secondary N) is 1. The highest BCUT2D eigenvalue weighted by atomic mass is 32.2. The predicted octanol–water partition coefficient (Wildman–Crippen LogP) is 3.92. The first-order chi connectivity index (χ1) is 14.4. The molecule has 1 aromatic carbocycles. The first kappa shape index (κ1) is 22.0. The number of thioether (sulfide) groups is 1. The second-order valence-corrected chi connectivity index (χ2v) is 9.22. The van der Waals surface area contributed by atoms with Crippen LogP contribution in [0.4, 0.5) is 5.13 Å². The van der Waals surface area contributed by atoms with Gasteiger partial charge in [0.25, 0.3) is 0 Å². The Bertz CT molecular complexity index is 978. The van der Waals surface area contributed by atoms with Crippen LogP contribution in [-0.4, -0.2) is 36.6 Å². The molecule has 1 amide bonds. The summed E-state index contributed by atoms with van der Waals surface area (Å²) in [6.45, 7) is 11.1. The van der Waals surface area contributed by atoms with Gasteiger partial charge < -0.3 is 4.74 Å². The first-order valence-electron chi connectivity index (χ1n) is 9.32. The Morgan fingerprint density at radius 2 is 2.03 bits per heavy atom. The lowest BCUT2D eigenvalue weighted by molar-refractivity contribution is -0.113. The molecule has 3 rings (SSSR count). The molecule has 0 aliphatic heterocycles. The van der Waals surface area contributed by atoms with E-state index in [1.165, 1.54) is 28.7 Å². The summed E-state index contributed by atoms with van der Waals surface area (Å²) in [5.74, 6) is 1.44. The highest BCUT2D eigenvalue weighted by Gasteiger charge is 2.16. The number of hydrogen-bond donors (Lipinski definition) is 1. The van der Waals surface area contributed by atoms with Crippen LogP contribution in [0.3, 0.4) is 0 Å². The van der Waals surface area contributed by atoms with Gasteiger partial charge in [-0.2, -0.15) is 0 Å². The molecular weight excluding hydrogens is 420 g/mol. The monoisotopic (exact) mass is 444 g/mol. The average Bonchev–Trinajstić information content (AvgIpc) is 3.35. The average molecular weight is 445 g/mol. The molecule has 30 heavy (non-hydrogen) atoms. The number of allylic oxidation sites excluding steroid dienone is 1. The Hall–Kier alpha value is -2.72. The van der Waals surface area contributed by atoms with Crippen molar-refractivity contribution in [1.82, 2.24) is 25.0 Å². The molecule has 0 saturated carbocycles. The van der Waals surface area contributed by atoms with E-state index in [-0.39, 0.29) is 23.7 Å². The molecule has 0 aliphatic rings. The van der Waals surface area contributed by atoms with E-state index in [1.54, 1.807) is 11.6 Å². The minimum absolute atomic E-state index is 0.0944. The summed E-state index contributed by atoms with van der Waals surface area (Å²) in [7, 11) is 0. The van der Waals surface area contributed by atoms with Crippen LogP contribution in [0.2, 0.25) is 0 Å². The van der Waals surface area contributed by atoms with Crippen molar-refractivity contribution in [3.05, 3.63) is 53.8 Å². The molecule has 0 aliphatic carbocycles. The Kier molecular flexibility index (Phi) is 7.22. The Morgan fingerprint density at radius 1 is 1.27 bits per heavy atom. The van der Waals surface area contributed by atoms with E-state index >= 15 is 0 Å². The van der Waals surface area contributed by atoms with Gasteiger partial charge in [0.15, 0.2) is 11.0 Å². The Labute approximate surface area is 183 Å². The zero-order valence-electron chi connectivity index (χ0n) is 17.2. The number of aromatic nitrogens is 5. The summed E-state index contributed by atoms with van der Waals surface area (Å²) in [6.07, 6.45) is 1.76. The maximum Gasteiger partial charge on any atom is 0.236 e. The fourth-order valence-electron chi connectivity index (χ4n) is 2.56. The molecule has 0 fully saturated rings. The fourth-order valence-corrected chi connectivity index (χ4v) is 3.78. The van der Waals surface area contributed by atoms with Gasteiger partial charge in [-0.25, -0.2) is 0 Å². The Balaban J connectivity index is 1.60. The SMILES string of the molecule is C=CCn1c(COc2ccc(C(C)(C)C)cc2)nnc1SCC(=O)Nc1nncs1. The highest BCUT2D eigenvalue weighted by molar-refractivity contribution is 7.99. The van der Waals surface area contributed by atoms with Gasteiger partial charge in [-0.1, -0.05) is 62.1 Å². The molecular formula is C20H24N6O2S2. The zero-order chi connectivity index (χ0) is 21.6. The molecule has 2 aromatic heterocycles. The summed E-state index contributed by atoms with van der Waals surface area (Å²) < 4.78 is 7.78. The van der Waals surface area contributed by atoms with E-state index in [0.717, 1.165) is 5.75 Å². The summed E-state index contributed by atoms with van der Waals surface area (Å²) in [5, 5.41) is 19.7. The van der Waals surface area contributed by atoms with E-state index < -0.39 is 0 Å². The highest BCUT2D eigenvalue weighted by Crippen LogP contribution is 2.25. The number of hydrogen-bond acceptors (Lipinski definition) is 8. The van der Waals surface area contributed by atoms with Gasteiger partial charge in [-0.15, -0.1) is 27.0 Å². The van der Waals surface area contributed by atoms with Crippen LogP contribution in [0.25, 0.3) is 0 Å². The number of anilines is 1. The summed E-state index contributed by atoms with van der Waals surface area (Å²) in [6, 6.07) is 8.06. The van der Waals surface area contributed by atoms with Crippen LogP contribution in [-0.2, 0) is 23.4 Å². The normalized spacial score (nSPS) is 11.3. The molecule has 0 bridgehead atoms. The largest absolute Gasteiger partial charge is 0.486 e. The number of ether oxygens (including phenoxy) is 1. The number of nitrogens with zero attached hydrogens (tertiary/aromatic N) is 5. The van der Waals surface area contributed by atoms with Crippen molar-refractivity contribution in [2.24, 2.45) is 0 Å². The van der Waals surface area contributed by atoms with Crippen LogP contribution < -0.4 is 10.1 Å². The number of rotatable bonds is 9. The topological polar surface area (TPSA) is 94.8 Å². The molecule has 0 atom stereocenters. The van der Waals surface area contributed by atoms with Crippen molar-refractivity contribution in [2.45, 2.75) is 44.5 Å². The van der Waals surface area contributed by atoms with Crippen LogP contribution in [0.1, 0.15) is 32.2 Å². The fraction of sp³-hybridized carbons (Fsp3) is 0.350. The third-order valence-electron chi connectivity index (χ3n) is 4.13. The molecule has 0 unspecified atom stereocenters. The van der Waals surface area contributed by atoms with E-state index in [0.29, 0.717) is 22.7 Å². The zero-order valence-corrected chi connectivity index (χ0v) is 18.8. The lowest BCUT2D eigenvalue weighted by atomic mass is 9.87. The number of carbonyl (C=O) groups excluding carboxylic acids is 1. The summed E-state index contributed by atoms with van der Waals surface area (Å²) in [4.78, 5) is 12.1. The van der Waals surface area contributed by atoms with E-state index in [9.17, 15) is 4.79 Å². The minimum Gasteiger partial charge on any atom is -0.486 e. The van der Waals surface area contributed by atoms with Gasteiger partial charge in [0, 0.05) is 6.54 Å². The van der Waals surface area contributed by atoms with E-state index in [4.69, 9.17) is 4.74 Å². The number of benzene rings is 1. The number of amides is 1. The molecule has 0 radical (unpaired) electrons. The van der Waals surface area contributed by atoms with Gasteiger partial charge in [-0.3, -0.25) is 14.7 Å². The lowest BCUT2D eigenvalue weighted by Crippen LogP contribution is -2.15. The second kappa shape index (κ2) is 9.86. The van der Waals surface area contributed by atoms with Crippen LogP contribution in [0.5, 0.6) is 5.75 Å². The molecule has 1 N–H and O–H groups in total. The molecule has 10 heteroatoms. The maximum atomic E-state index is 12.1. The summed E-state index contributed by atoms with van der Waals surface area (Å²) in [5.41, 5.74) is 2.90. The van der Waals surface area contributed by atoms with Gasteiger partial charge in [-0.05, 0) is 23.1 Å². The first-order valence-corrected chi connectivity index (χ1v) is 11.2.